The second-order valence-corrected chi connectivity index (χ2v) is 7.59. The minimum atomic E-state index is -0.826. The van der Waals surface area contributed by atoms with E-state index >= 15 is 0 Å². The molecule has 0 aliphatic rings. The Morgan fingerprint density at radius 1 is 1.24 bits per heavy atom. The highest BCUT2D eigenvalue weighted by atomic mass is 16.5. The van der Waals surface area contributed by atoms with Gasteiger partial charge in [0.25, 0.3) is 11.5 Å². The van der Waals surface area contributed by atoms with Gasteiger partial charge in [0.05, 0.1) is 6.54 Å². The first-order valence-electron chi connectivity index (χ1n) is 11.0. The Labute approximate surface area is 194 Å². The van der Waals surface area contributed by atoms with Crippen molar-refractivity contribution in [2.24, 2.45) is 0 Å². The van der Waals surface area contributed by atoms with Crippen molar-refractivity contribution in [3.05, 3.63) is 63.0 Å². The van der Waals surface area contributed by atoms with Gasteiger partial charge in [-0.05, 0) is 31.0 Å². The fraction of sp³-hybridized carbons (Fsp3) is 0.409. The van der Waals surface area contributed by atoms with Crippen LogP contribution in [0.5, 0.6) is 0 Å². The number of amides is 1. The van der Waals surface area contributed by atoms with E-state index in [1.165, 1.54) is 10.6 Å². The van der Waals surface area contributed by atoms with E-state index in [2.05, 4.69) is 10.1 Å². The number of nitrogens with two attached hydrogens (primary N) is 1. The summed E-state index contributed by atoms with van der Waals surface area (Å²) in [4.78, 5) is 53.4. The van der Waals surface area contributed by atoms with Crippen LogP contribution in [-0.4, -0.2) is 44.4 Å². The van der Waals surface area contributed by atoms with Crippen molar-refractivity contribution in [1.29, 1.82) is 0 Å². The summed E-state index contributed by atoms with van der Waals surface area (Å²) in [6, 6.07) is 4.83. The topological polar surface area (TPSA) is 158 Å². The molecule has 0 unspecified atom stereocenters. The average Bonchev–Trinajstić information content (AvgIpc) is 3.49. The van der Waals surface area contributed by atoms with E-state index in [1.54, 1.807) is 29.2 Å². The van der Waals surface area contributed by atoms with Crippen LogP contribution in [-0.2, 0) is 22.6 Å². The fourth-order valence-electron chi connectivity index (χ4n) is 3.36. The van der Waals surface area contributed by atoms with Crippen LogP contribution in [0.25, 0.3) is 0 Å². The number of rotatable bonds is 11. The van der Waals surface area contributed by atoms with E-state index in [1.807, 2.05) is 13.8 Å². The number of anilines is 2. The number of furan rings is 1. The summed E-state index contributed by atoms with van der Waals surface area (Å²) in [5, 5.41) is 4.07. The maximum Gasteiger partial charge on any atom is 0.374 e. The minimum Gasteiger partial charge on any atom is -0.452 e. The minimum absolute atomic E-state index is 0.0658. The van der Waals surface area contributed by atoms with Crippen LogP contribution in [0, 0.1) is 0 Å². The van der Waals surface area contributed by atoms with Crippen LogP contribution in [0.3, 0.4) is 0 Å². The lowest BCUT2D eigenvalue weighted by atomic mass is 10.2. The Morgan fingerprint density at radius 2 is 2.03 bits per heavy atom. The van der Waals surface area contributed by atoms with E-state index in [4.69, 9.17) is 14.9 Å². The van der Waals surface area contributed by atoms with Crippen LogP contribution < -0.4 is 21.9 Å². The van der Waals surface area contributed by atoms with Crippen molar-refractivity contribution >= 4 is 23.4 Å². The van der Waals surface area contributed by atoms with Crippen LogP contribution in [0.1, 0.15) is 49.4 Å². The van der Waals surface area contributed by atoms with Gasteiger partial charge in [0, 0.05) is 25.5 Å². The van der Waals surface area contributed by atoms with Gasteiger partial charge < -0.3 is 19.8 Å². The molecule has 0 aliphatic carbocycles. The van der Waals surface area contributed by atoms with Gasteiger partial charge in [0.1, 0.15) is 11.6 Å². The van der Waals surface area contributed by atoms with Crippen molar-refractivity contribution in [2.75, 3.05) is 23.8 Å². The van der Waals surface area contributed by atoms with Crippen LogP contribution in [0.15, 0.2) is 44.6 Å². The Balaban J connectivity index is 1.75. The van der Waals surface area contributed by atoms with E-state index in [-0.39, 0.29) is 30.4 Å². The Bertz CT molecular complexity index is 1240. The van der Waals surface area contributed by atoms with Gasteiger partial charge in [-0.3, -0.25) is 23.8 Å². The molecule has 34 heavy (non-hydrogen) atoms. The Kier molecular flexibility index (Phi) is 8.06. The number of nitrogens with one attached hydrogen (secondary N) is 1. The van der Waals surface area contributed by atoms with Gasteiger partial charge >= 0.3 is 11.7 Å². The molecule has 0 aliphatic heterocycles. The Morgan fingerprint density at radius 3 is 2.71 bits per heavy atom. The molecule has 0 aromatic carbocycles. The second-order valence-electron chi connectivity index (χ2n) is 7.59. The lowest BCUT2D eigenvalue weighted by Gasteiger charge is -2.24. The number of unbranched alkanes of at least 4 members (excludes halogenated alkanes) is 1. The van der Waals surface area contributed by atoms with E-state index < -0.39 is 29.7 Å². The first kappa shape index (κ1) is 24.6. The molecule has 12 heteroatoms. The molecule has 0 radical (unpaired) electrons. The highest BCUT2D eigenvalue weighted by Gasteiger charge is 2.25. The molecule has 182 valence electrons. The van der Waals surface area contributed by atoms with Gasteiger partial charge in [-0.1, -0.05) is 20.3 Å². The SMILES string of the molecule is CCCCN(C(=O)COC(=O)c1ccc(Cn2cccn2)o1)c1c(N)n(CCC)c(=O)[nH]c1=O. The highest BCUT2D eigenvalue weighted by Crippen LogP contribution is 2.18. The number of hydrogen-bond donors (Lipinski definition) is 2. The number of hydrogen-bond acceptors (Lipinski definition) is 8. The van der Waals surface area contributed by atoms with E-state index in [0.717, 1.165) is 11.3 Å². The third-order valence-corrected chi connectivity index (χ3v) is 5.03. The van der Waals surface area contributed by atoms with E-state index in [0.29, 0.717) is 25.1 Å². The number of carbonyl (C=O) groups is 2. The number of nitrogens with zero attached hydrogens (tertiary/aromatic N) is 4. The molecule has 0 spiro atoms. The number of esters is 1. The quantitative estimate of drug-likeness (QED) is 0.396. The second kappa shape index (κ2) is 11.2. The highest BCUT2D eigenvalue weighted by molar-refractivity contribution is 5.98. The predicted molar refractivity (Wildman–Crippen MR) is 124 cm³/mol. The summed E-state index contributed by atoms with van der Waals surface area (Å²) < 4.78 is 13.5. The first-order chi connectivity index (χ1) is 16.3. The summed E-state index contributed by atoms with van der Waals surface area (Å²) in [5.41, 5.74) is 4.54. The summed E-state index contributed by atoms with van der Waals surface area (Å²) in [6.45, 7) is 3.91. The van der Waals surface area contributed by atoms with Gasteiger partial charge in [0.15, 0.2) is 12.3 Å². The van der Waals surface area contributed by atoms with Crippen molar-refractivity contribution in [3.8, 4) is 0 Å². The summed E-state index contributed by atoms with van der Waals surface area (Å²) in [6.07, 6.45) is 5.28. The van der Waals surface area contributed by atoms with Gasteiger partial charge in [-0.25, -0.2) is 9.59 Å². The molecule has 3 N–H and O–H groups in total. The molecular weight excluding hydrogens is 444 g/mol. The van der Waals surface area contributed by atoms with Crippen molar-refractivity contribution in [2.45, 2.75) is 46.2 Å². The fourth-order valence-corrected chi connectivity index (χ4v) is 3.36. The molecule has 3 aromatic heterocycles. The predicted octanol–water partition coefficient (Wildman–Crippen LogP) is 1.36. The molecule has 0 saturated carbocycles. The zero-order valence-electron chi connectivity index (χ0n) is 19.2. The smallest absolute Gasteiger partial charge is 0.374 e. The monoisotopic (exact) mass is 472 g/mol. The first-order valence-corrected chi connectivity index (χ1v) is 11.0. The molecule has 0 fully saturated rings. The number of aromatic amines is 1. The number of ether oxygens (including phenoxy) is 1. The Hall–Kier alpha value is -4.09. The molecule has 3 aromatic rings. The maximum absolute atomic E-state index is 13.0. The number of H-pyrrole nitrogens is 1. The molecule has 0 bridgehead atoms. The number of nitrogen functional groups attached to an aromatic ring is 1. The van der Waals surface area contributed by atoms with Crippen molar-refractivity contribution in [1.82, 2.24) is 19.3 Å². The third kappa shape index (κ3) is 5.63. The van der Waals surface area contributed by atoms with Crippen molar-refractivity contribution < 1.29 is 18.7 Å². The lowest BCUT2D eigenvalue weighted by Crippen LogP contribution is -2.43. The van der Waals surface area contributed by atoms with Gasteiger partial charge in [-0.2, -0.15) is 5.10 Å². The van der Waals surface area contributed by atoms with Crippen LogP contribution in [0.4, 0.5) is 11.5 Å². The van der Waals surface area contributed by atoms with Crippen LogP contribution in [0.2, 0.25) is 0 Å². The molecule has 3 heterocycles. The largest absolute Gasteiger partial charge is 0.452 e. The molecule has 0 atom stereocenters. The number of carbonyl (C=O) groups excluding carboxylic acids is 2. The van der Waals surface area contributed by atoms with E-state index in [9.17, 15) is 19.2 Å². The summed E-state index contributed by atoms with van der Waals surface area (Å²) in [5.74, 6) is -1.16. The molecule has 12 nitrogen and oxygen atoms in total. The molecular formula is C22H28N6O6. The lowest BCUT2D eigenvalue weighted by molar-refractivity contribution is -0.121. The van der Waals surface area contributed by atoms with Gasteiger partial charge in [0.2, 0.25) is 5.76 Å². The zero-order chi connectivity index (χ0) is 24.7. The zero-order valence-corrected chi connectivity index (χ0v) is 19.2. The molecule has 0 saturated heterocycles. The standard InChI is InChI=1S/C22H28N6O6/c1-3-5-12-27(18-19(23)28(10-4-2)22(32)25-20(18)30)17(29)14-33-21(31)16-8-7-15(34-16)13-26-11-6-9-24-26/h6-9,11H,3-5,10,12-14,23H2,1-2H3,(H,25,30,32). The van der Waals surface area contributed by atoms with Crippen LogP contribution >= 0.6 is 0 Å². The molecule has 1 amide bonds. The summed E-state index contributed by atoms with van der Waals surface area (Å²) in [7, 11) is 0. The van der Waals surface area contributed by atoms with Gasteiger partial charge in [-0.15, -0.1) is 0 Å². The third-order valence-electron chi connectivity index (χ3n) is 5.03. The van der Waals surface area contributed by atoms with Crippen molar-refractivity contribution in [3.63, 3.8) is 0 Å². The summed E-state index contributed by atoms with van der Waals surface area (Å²) >= 11 is 0. The number of aromatic nitrogens is 4. The maximum atomic E-state index is 13.0. The molecule has 3 rings (SSSR count). The average molecular weight is 473 g/mol. The normalized spacial score (nSPS) is 10.9.